The molecule has 0 saturated heterocycles. The van der Waals surface area contributed by atoms with E-state index in [4.69, 9.17) is 0 Å². The quantitative estimate of drug-likeness (QED) is 0.848. The number of carbonyl (C=O) groups excluding carboxylic acids is 2. The fourth-order valence-corrected chi connectivity index (χ4v) is 2.38. The lowest BCUT2D eigenvalue weighted by atomic mass is 10.1. The van der Waals surface area contributed by atoms with E-state index in [1.54, 1.807) is 6.07 Å². The number of nitrogens with one attached hydrogen (secondary N) is 2. The zero-order valence-electron chi connectivity index (χ0n) is 14.0. The standard InChI is InChI=1S/C19H22N2O2/c1-5-15-8-6-7-13(3)17(15)21-19(23)18(22)20-16-10-9-12(2)14(4)11-16/h6-11H,5H2,1-4H3,(H,20,22)(H,21,23). The highest BCUT2D eigenvalue weighted by atomic mass is 16.2. The fraction of sp³-hybridized carbons (Fsp3) is 0.263. The molecule has 0 atom stereocenters. The molecule has 0 aromatic heterocycles. The maximum absolute atomic E-state index is 12.2. The van der Waals surface area contributed by atoms with Crippen LogP contribution < -0.4 is 10.6 Å². The average molecular weight is 310 g/mol. The molecule has 0 heterocycles. The van der Waals surface area contributed by atoms with Crippen molar-refractivity contribution in [2.45, 2.75) is 34.1 Å². The van der Waals surface area contributed by atoms with Crippen molar-refractivity contribution in [2.75, 3.05) is 10.6 Å². The highest BCUT2D eigenvalue weighted by molar-refractivity contribution is 6.43. The number of hydrogen-bond acceptors (Lipinski definition) is 2. The number of rotatable bonds is 3. The van der Waals surface area contributed by atoms with Crippen molar-refractivity contribution in [3.63, 3.8) is 0 Å². The molecule has 0 aliphatic rings. The van der Waals surface area contributed by atoms with Gasteiger partial charge in [-0.15, -0.1) is 0 Å². The first kappa shape index (κ1) is 16.7. The van der Waals surface area contributed by atoms with Gasteiger partial charge >= 0.3 is 11.8 Å². The molecule has 0 aliphatic heterocycles. The summed E-state index contributed by atoms with van der Waals surface area (Å²) in [5, 5.41) is 5.36. The number of carbonyl (C=O) groups is 2. The van der Waals surface area contributed by atoms with Crippen LogP contribution in [0.1, 0.15) is 29.2 Å². The Morgan fingerprint density at radius 3 is 2.22 bits per heavy atom. The second-order valence-electron chi connectivity index (χ2n) is 5.67. The van der Waals surface area contributed by atoms with Crippen molar-refractivity contribution in [1.29, 1.82) is 0 Å². The van der Waals surface area contributed by atoms with E-state index >= 15 is 0 Å². The first-order valence-electron chi connectivity index (χ1n) is 7.70. The van der Waals surface area contributed by atoms with Gasteiger partial charge in [0.05, 0.1) is 0 Å². The van der Waals surface area contributed by atoms with Gasteiger partial charge in [0, 0.05) is 11.4 Å². The van der Waals surface area contributed by atoms with Gasteiger partial charge in [0.1, 0.15) is 0 Å². The number of hydrogen-bond donors (Lipinski definition) is 2. The molecule has 0 spiro atoms. The predicted molar refractivity (Wildman–Crippen MR) is 93.7 cm³/mol. The Morgan fingerprint density at radius 1 is 0.870 bits per heavy atom. The summed E-state index contributed by atoms with van der Waals surface area (Å²) in [6.07, 6.45) is 0.788. The van der Waals surface area contributed by atoms with Crippen LogP contribution in [0.25, 0.3) is 0 Å². The minimum atomic E-state index is -0.668. The van der Waals surface area contributed by atoms with Crippen LogP contribution in [0.15, 0.2) is 36.4 Å². The molecule has 120 valence electrons. The second-order valence-corrected chi connectivity index (χ2v) is 5.67. The van der Waals surface area contributed by atoms with Crippen molar-refractivity contribution in [3.05, 3.63) is 58.7 Å². The van der Waals surface area contributed by atoms with Crippen LogP contribution in [-0.4, -0.2) is 11.8 Å². The molecule has 0 aliphatic carbocycles. The zero-order chi connectivity index (χ0) is 17.0. The molecule has 0 saturated carbocycles. The van der Waals surface area contributed by atoms with Gasteiger partial charge in [-0.3, -0.25) is 9.59 Å². The van der Waals surface area contributed by atoms with E-state index in [9.17, 15) is 9.59 Å². The van der Waals surface area contributed by atoms with Gasteiger partial charge < -0.3 is 10.6 Å². The highest BCUT2D eigenvalue weighted by Gasteiger charge is 2.16. The van der Waals surface area contributed by atoms with E-state index in [1.165, 1.54) is 0 Å². The minimum Gasteiger partial charge on any atom is -0.318 e. The van der Waals surface area contributed by atoms with Gasteiger partial charge in [-0.05, 0) is 61.6 Å². The van der Waals surface area contributed by atoms with Crippen LogP contribution in [0, 0.1) is 20.8 Å². The molecule has 4 nitrogen and oxygen atoms in total. The van der Waals surface area contributed by atoms with E-state index in [1.807, 2.05) is 58.0 Å². The Kier molecular flexibility index (Phi) is 5.16. The number of aryl methyl sites for hydroxylation is 4. The molecule has 0 radical (unpaired) electrons. The Morgan fingerprint density at radius 2 is 1.57 bits per heavy atom. The number of para-hydroxylation sites is 1. The highest BCUT2D eigenvalue weighted by Crippen LogP contribution is 2.21. The molecular formula is C19H22N2O2. The maximum Gasteiger partial charge on any atom is 0.314 e. The molecule has 2 N–H and O–H groups in total. The normalized spacial score (nSPS) is 10.3. The van der Waals surface area contributed by atoms with Crippen molar-refractivity contribution in [3.8, 4) is 0 Å². The van der Waals surface area contributed by atoms with E-state index in [0.717, 1.165) is 34.4 Å². The summed E-state index contributed by atoms with van der Waals surface area (Å²) in [4.78, 5) is 24.3. The Balaban J connectivity index is 2.12. The van der Waals surface area contributed by atoms with Gasteiger partial charge in [-0.2, -0.15) is 0 Å². The van der Waals surface area contributed by atoms with Crippen molar-refractivity contribution in [2.24, 2.45) is 0 Å². The summed E-state index contributed by atoms with van der Waals surface area (Å²) >= 11 is 0. The third-order valence-electron chi connectivity index (χ3n) is 3.95. The molecular weight excluding hydrogens is 288 g/mol. The Hall–Kier alpha value is -2.62. The summed E-state index contributed by atoms with van der Waals surface area (Å²) in [6.45, 7) is 7.89. The smallest absolute Gasteiger partial charge is 0.314 e. The number of amides is 2. The molecule has 2 amide bonds. The molecule has 2 aromatic carbocycles. The zero-order valence-corrected chi connectivity index (χ0v) is 14.0. The molecule has 0 unspecified atom stereocenters. The topological polar surface area (TPSA) is 58.2 Å². The summed E-state index contributed by atoms with van der Waals surface area (Å²) < 4.78 is 0. The first-order valence-corrected chi connectivity index (χ1v) is 7.70. The van der Waals surface area contributed by atoms with E-state index < -0.39 is 11.8 Å². The molecule has 2 aromatic rings. The fourth-order valence-electron chi connectivity index (χ4n) is 2.38. The third-order valence-corrected chi connectivity index (χ3v) is 3.95. The number of anilines is 2. The largest absolute Gasteiger partial charge is 0.318 e. The third kappa shape index (κ3) is 3.97. The molecule has 0 bridgehead atoms. The first-order chi connectivity index (χ1) is 10.9. The van der Waals surface area contributed by atoms with E-state index in [0.29, 0.717) is 5.69 Å². The SMILES string of the molecule is CCc1cccc(C)c1NC(=O)C(=O)Nc1ccc(C)c(C)c1. The maximum atomic E-state index is 12.2. The van der Waals surface area contributed by atoms with Crippen LogP contribution in [-0.2, 0) is 16.0 Å². The summed E-state index contributed by atoms with van der Waals surface area (Å²) in [5.41, 5.74) is 5.49. The lowest BCUT2D eigenvalue weighted by Crippen LogP contribution is -2.29. The van der Waals surface area contributed by atoms with Crippen LogP contribution in [0.4, 0.5) is 11.4 Å². The van der Waals surface area contributed by atoms with Gasteiger partial charge in [-0.25, -0.2) is 0 Å². The van der Waals surface area contributed by atoms with Crippen molar-refractivity contribution < 1.29 is 9.59 Å². The van der Waals surface area contributed by atoms with Gasteiger partial charge in [-0.1, -0.05) is 31.2 Å². The molecule has 0 fully saturated rings. The summed E-state index contributed by atoms with van der Waals surface area (Å²) in [7, 11) is 0. The average Bonchev–Trinajstić information content (AvgIpc) is 2.52. The van der Waals surface area contributed by atoms with Crippen LogP contribution in [0.5, 0.6) is 0 Å². The summed E-state index contributed by atoms with van der Waals surface area (Å²) in [5.74, 6) is -1.33. The minimum absolute atomic E-state index is 0.619. The lowest BCUT2D eigenvalue weighted by molar-refractivity contribution is -0.133. The van der Waals surface area contributed by atoms with Crippen LogP contribution in [0.3, 0.4) is 0 Å². The van der Waals surface area contributed by atoms with Crippen molar-refractivity contribution >= 4 is 23.2 Å². The molecule has 4 heteroatoms. The van der Waals surface area contributed by atoms with Gasteiger partial charge in [0.2, 0.25) is 0 Å². The molecule has 23 heavy (non-hydrogen) atoms. The predicted octanol–water partition coefficient (Wildman–Crippen LogP) is 3.75. The summed E-state index contributed by atoms with van der Waals surface area (Å²) in [6, 6.07) is 11.4. The monoisotopic (exact) mass is 310 g/mol. The number of benzene rings is 2. The molecule has 2 rings (SSSR count). The van der Waals surface area contributed by atoms with Crippen LogP contribution in [0.2, 0.25) is 0 Å². The van der Waals surface area contributed by atoms with Crippen LogP contribution >= 0.6 is 0 Å². The Bertz CT molecular complexity index is 751. The van der Waals surface area contributed by atoms with Gasteiger partial charge in [0.25, 0.3) is 0 Å². The van der Waals surface area contributed by atoms with Crippen molar-refractivity contribution in [1.82, 2.24) is 0 Å². The Labute approximate surface area is 136 Å². The van der Waals surface area contributed by atoms with Gasteiger partial charge in [0.15, 0.2) is 0 Å². The van der Waals surface area contributed by atoms with E-state index in [-0.39, 0.29) is 0 Å². The second kappa shape index (κ2) is 7.09. The lowest BCUT2D eigenvalue weighted by Gasteiger charge is -2.13. The van der Waals surface area contributed by atoms with E-state index in [2.05, 4.69) is 10.6 Å².